The molecule has 0 spiro atoms. The van der Waals surface area contributed by atoms with E-state index in [0.29, 0.717) is 31.0 Å². The molecule has 0 radical (unpaired) electrons. The van der Waals surface area contributed by atoms with E-state index in [1.807, 2.05) is 0 Å². The Labute approximate surface area is 169 Å². The number of rotatable bonds is 4. The van der Waals surface area contributed by atoms with E-state index in [1.165, 1.54) is 22.8 Å². The van der Waals surface area contributed by atoms with Crippen LogP contribution in [0, 0.1) is 11.7 Å². The maximum Gasteiger partial charge on any atom is 0.439 e. The first kappa shape index (κ1) is 19.6. The Kier molecular flexibility index (Phi) is 5.61. The van der Waals surface area contributed by atoms with Crippen molar-refractivity contribution in [3.63, 3.8) is 0 Å². The number of ether oxygens (including phenoxy) is 1. The van der Waals surface area contributed by atoms with Crippen LogP contribution in [-0.2, 0) is 11.3 Å². The molecule has 0 aliphatic carbocycles. The molecule has 0 bridgehead atoms. The van der Waals surface area contributed by atoms with Crippen LogP contribution in [0.4, 0.5) is 4.39 Å². The molecule has 3 aromatic rings. The Hall–Kier alpha value is -2.75. The molecule has 0 saturated carbocycles. The van der Waals surface area contributed by atoms with Gasteiger partial charge in [-0.15, -0.1) is 0 Å². The summed E-state index contributed by atoms with van der Waals surface area (Å²) in [5, 5.41) is 6.99. The Morgan fingerprint density at radius 3 is 2.90 bits per heavy atom. The number of hydrogen-bond donors (Lipinski definition) is 2. The van der Waals surface area contributed by atoms with Crippen molar-refractivity contribution in [3.05, 3.63) is 73.7 Å². The summed E-state index contributed by atoms with van der Waals surface area (Å²) in [6.45, 7) is 1.88. The zero-order chi connectivity index (χ0) is 20.4. The van der Waals surface area contributed by atoms with Crippen LogP contribution < -0.4 is 16.6 Å². The number of hydrogen-bond acceptors (Lipinski definition) is 6. The Morgan fingerprint density at radius 1 is 1.28 bits per heavy atom. The second-order valence-electron chi connectivity index (χ2n) is 6.73. The predicted octanol–water partition coefficient (Wildman–Crippen LogP) is 1.96. The van der Waals surface area contributed by atoms with E-state index in [4.69, 9.17) is 16.3 Å². The van der Waals surface area contributed by atoms with Crippen molar-refractivity contribution in [1.29, 1.82) is 0 Å². The summed E-state index contributed by atoms with van der Waals surface area (Å²) < 4.78 is 26.1. The van der Waals surface area contributed by atoms with E-state index >= 15 is 0 Å². The quantitative estimate of drug-likeness (QED) is 0.669. The highest BCUT2D eigenvalue weighted by Crippen LogP contribution is 2.31. The van der Waals surface area contributed by atoms with Gasteiger partial charge in [0.25, 0.3) is 5.56 Å². The lowest BCUT2D eigenvalue weighted by molar-refractivity contribution is 0.0250. The average Bonchev–Trinajstić information content (AvgIpc) is 3.00. The lowest BCUT2D eigenvalue weighted by Crippen LogP contribution is -2.33. The minimum Gasteiger partial charge on any atom is -0.372 e. The van der Waals surface area contributed by atoms with E-state index in [1.54, 1.807) is 18.2 Å². The SMILES string of the molecule is O=c1[nH]c(-c2cccc(=O)n2C[C@@H]2CNCCO[C@H]2c2ccc(Cl)c(F)c2)no1. The molecular weight excluding hydrogens is 403 g/mol. The smallest absolute Gasteiger partial charge is 0.372 e. The molecule has 152 valence electrons. The van der Waals surface area contributed by atoms with Gasteiger partial charge in [-0.2, -0.15) is 0 Å². The molecule has 2 aromatic heterocycles. The van der Waals surface area contributed by atoms with Gasteiger partial charge < -0.3 is 14.6 Å². The summed E-state index contributed by atoms with van der Waals surface area (Å²) in [5.41, 5.74) is 0.784. The van der Waals surface area contributed by atoms with E-state index in [0.717, 1.165) is 0 Å². The van der Waals surface area contributed by atoms with Crippen LogP contribution >= 0.6 is 11.6 Å². The molecule has 1 aliphatic heterocycles. The molecule has 1 saturated heterocycles. The molecule has 29 heavy (non-hydrogen) atoms. The van der Waals surface area contributed by atoms with Crippen molar-refractivity contribution in [2.24, 2.45) is 5.92 Å². The number of aromatic amines is 1. The summed E-state index contributed by atoms with van der Waals surface area (Å²) in [7, 11) is 0. The maximum absolute atomic E-state index is 14.0. The van der Waals surface area contributed by atoms with Gasteiger partial charge in [0, 0.05) is 31.6 Å². The number of H-pyrrole nitrogens is 1. The lowest BCUT2D eigenvalue weighted by Gasteiger charge is -2.26. The second kappa shape index (κ2) is 8.32. The third-order valence-electron chi connectivity index (χ3n) is 4.83. The Balaban J connectivity index is 1.72. The van der Waals surface area contributed by atoms with Crippen LogP contribution in [0.25, 0.3) is 11.5 Å². The van der Waals surface area contributed by atoms with Crippen molar-refractivity contribution in [2.75, 3.05) is 19.7 Å². The fraction of sp³-hybridized carbons (Fsp3) is 0.316. The minimum atomic E-state index is -0.711. The van der Waals surface area contributed by atoms with E-state index in [9.17, 15) is 14.0 Å². The molecule has 0 unspecified atom stereocenters. The highest BCUT2D eigenvalue weighted by molar-refractivity contribution is 6.30. The first-order valence-electron chi connectivity index (χ1n) is 9.06. The van der Waals surface area contributed by atoms with Gasteiger partial charge in [0.2, 0.25) is 0 Å². The minimum absolute atomic E-state index is 0.0357. The number of benzene rings is 1. The molecule has 2 atom stereocenters. The molecule has 1 aromatic carbocycles. The molecule has 0 amide bonds. The normalized spacial score (nSPS) is 19.8. The topological polar surface area (TPSA) is 102 Å². The summed E-state index contributed by atoms with van der Waals surface area (Å²) in [4.78, 5) is 26.4. The van der Waals surface area contributed by atoms with E-state index < -0.39 is 17.7 Å². The first-order chi connectivity index (χ1) is 14.0. The van der Waals surface area contributed by atoms with E-state index in [-0.39, 0.29) is 28.9 Å². The van der Waals surface area contributed by atoms with Crippen LogP contribution in [0.2, 0.25) is 5.02 Å². The highest BCUT2D eigenvalue weighted by Gasteiger charge is 2.28. The lowest BCUT2D eigenvalue weighted by atomic mass is 9.95. The number of nitrogens with one attached hydrogen (secondary N) is 2. The van der Waals surface area contributed by atoms with Gasteiger partial charge in [0.15, 0.2) is 5.82 Å². The fourth-order valence-electron chi connectivity index (χ4n) is 3.50. The molecule has 10 heteroatoms. The molecular formula is C19H18ClFN4O4. The predicted molar refractivity (Wildman–Crippen MR) is 103 cm³/mol. The van der Waals surface area contributed by atoms with Gasteiger partial charge in [0.05, 0.1) is 23.4 Å². The second-order valence-corrected chi connectivity index (χ2v) is 7.14. The van der Waals surface area contributed by atoms with Crippen molar-refractivity contribution in [1.82, 2.24) is 20.0 Å². The Morgan fingerprint density at radius 2 is 2.14 bits per heavy atom. The molecule has 8 nitrogen and oxygen atoms in total. The molecule has 3 heterocycles. The van der Waals surface area contributed by atoms with Gasteiger partial charge in [-0.05, 0) is 23.8 Å². The number of halogens is 2. The van der Waals surface area contributed by atoms with Crippen LogP contribution in [0.3, 0.4) is 0 Å². The van der Waals surface area contributed by atoms with Gasteiger partial charge in [0.1, 0.15) is 5.82 Å². The zero-order valence-electron chi connectivity index (χ0n) is 15.2. The zero-order valence-corrected chi connectivity index (χ0v) is 16.0. The monoisotopic (exact) mass is 420 g/mol. The third kappa shape index (κ3) is 4.16. The summed E-state index contributed by atoms with van der Waals surface area (Å²) in [5.74, 6) is -1.28. The van der Waals surface area contributed by atoms with Crippen LogP contribution in [0.1, 0.15) is 11.7 Å². The molecule has 1 aliphatic rings. The number of pyridine rings is 1. The van der Waals surface area contributed by atoms with Crippen LogP contribution in [0.5, 0.6) is 0 Å². The summed E-state index contributed by atoms with van der Waals surface area (Å²) in [6, 6.07) is 9.23. The largest absolute Gasteiger partial charge is 0.439 e. The van der Waals surface area contributed by atoms with Gasteiger partial charge in [-0.25, -0.2) is 9.18 Å². The van der Waals surface area contributed by atoms with Crippen molar-refractivity contribution < 1.29 is 13.7 Å². The maximum atomic E-state index is 14.0. The highest BCUT2D eigenvalue weighted by atomic mass is 35.5. The molecule has 2 N–H and O–H groups in total. The Bertz CT molecular complexity index is 1130. The van der Waals surface area contributed by atoms with Crippen LogP contribution in [-0.4, -0.2) is 34.4 Å². The molecule has 4 rings (SSSR count). The standard InChI is InChI=1S/C19H18ClFN4O4/c20-13-5-4-11(8-14(13)21)17-12(9-22-6-7-28-17)10-25-15(2-1-3-16(25)26)18-23-19(27)29-24-18/h1-5,8,12,17,22H,6-7,9-10H2,(H,23,24,27)/t12-,17-/m0/s1. The van der Waals surface area contributed by atoms with Crippen molar-refractivity contribution in [3.8, 4) is 11.5 Å². The van der Waals surface area contributed by atoms with E-state index in [2.05, 4.69) is 20.0 Å². The summed E-state index contributed by atoms with van der Waals surface area (Å²) in [6.07, 6.45) is -0.451. The van der Waals surface area contributed by atoms with Gasteiger partial charge in [-0.3, -0.25) is 14.3 Å². The van der Waals surface area contributed by atoms with Crippen LogP contribution in [0.15, 0.2) is 50.5 Å². The number of aromatic nitrogens is 3. The van der Waals surface area contributed by atoms with Gasteiger partial charge in [-0.1, -0.05) is 28.9 Å². The first-order valence-corrected chi connectivity index (χ1v) is 9.44. The molecule has 1 fully saturated rings. The van der Waals surface area contributed by atoms with Gasteiger partial charge >= 0.3 is 5.76 Å². The summed E-state index contributed by atoms with van der Waals surface area (Å²) >= 11 is 5.81. The average molecular weight is 421 g/mol. The van der Waals surface area contributed by atoms with Crippen molar-refractivity contribution in [2.45, 2.75) is 12.6 Å². The fourth-order valence-corrected chi connectivity index (χ4v) is 3.61. The number of nitrogens with zero attached hydrogens (tertiary/aromatic N) is 2. The van der Waals surface area contributed by atoms with Crippen molar-refractivity contribution >= 4 is 11.6 Å². The third-order valence-corrected chi connectivity index (χ3v) is 5.14.